The minimum absolute atomic E-state index is 0. The molecule has 0 aliphatic rings. The molecule has 0 saturated carbocycles. The number of thiazole rings is 2. The summed E-state index contributed by atoms with van der Waals surface area (Å²) in [5, 5.41) is 25.2. The van der Waals surface area contributed by atoms with Crippen molar-refractivity contribution in [1.29, 1.82) is 0 Å². The van der Waals surface area contributed by atoms with Gasteiger partial charge in [0.05, 0.1) is 0 Å². The molecule has 6 aromatic rings. The van der Waals surface area contributed by atoms with Gasteiger partial charge >= 0.3 is 37.7 Å². The van der Waals surface area contributed by atoms with Crippen LogP contribution in [0.15, 0.2) is 97.1 Å². The zero-order valence-corrected chi connectivity index (χ0v) is 21.4. The first kappa shape index (κ1) is 23.7. The molecule has 0 aliphatic carbocycles. The molecule has 7 heteroatoms. The van der Waals surface area contributed by atoms with E-state index in [0.29, 0.717) is 0 Å². The molecule has 0 fully saturated rings. The van der Waals surface area contributed by atoms with Gasteiger partial charge in [0.1, 0.15) is 9.40 Å². The second kappa shape index (κ2) is 10.6. The second-order valence-corrected chi connectivity index (χ2v) is 9.20. The van der Waals surface area contributed by atoms with Gasteiger partial charge in [0.2, 0.25) is 11.0 Å². The van der Waals surface area contributed by atoms with Gasteiger partial charge in [-0.3, -0.25) is 0 Å². The van der Waals surface area contributed by atoms with Gasteiger partial charge in [0.25, 0.3) is 10.0 Å². The topological polar surface area (TPSA) is 74.4 Å². The normalized spacial score (nSPS) is 10.4. The zero-order valence-electron chi connectivity index (χ0n) is 17.6. The summed E-state index contributed by atoms with van der Waals surface area (Å²) in [6.45, 7) is 0. The van der Waals surface area contributed by atoms with Crippen LogP contribution in [0, 0.1) is 0 Å². The van der Waals surface area contributed by atoms with Crippen molar-refractivity contribution in [1.82, 2.24) is 0 Å². The number of aromatic nitrogens is 2. The van der Waals surface area contributed by atoms with E-state index in [0.717, 1.165) is 32.2 Å². The fourth-order valence-corrected chi connectivity index (χ4v) is 5.46. The number of fused-ring (bicyclic) bond motifs is 2. The number of hydrogen-bond acceptors (Lipinski definition) is 4. The van der Waals surface area contributed by atoms with Crippen molar-refractivity contribution >= 4 is 80.8 Å². The van der Waals surface area contributed by atoms with Crippen molar-refractivity contribution < 1.29 is 20.2 Å². The summed E-state index contributed by atoms with van der Waals surface area (Å²) < 4.78 is 2.33. The molecule has 0 aliphatic heterocycles. The zero-order chi connectivity index (χ0) is 21.9. The van der Waals surface area contributed by atoms with Crippen LogP contribution in [-0.2, 0) is 0 Å². The molecule has 33 heavy (non-hydrogen) atoms. The van der Waals surface area contributed by atoms with Crippen LogP contribution in [-0.4, -0.2) is 37.7 Å². The summed E-state index contributed by atoms with van der Waals surface area (Å²) in [6.07, 6.45) is 0. The third-order valence-corrected chi connectivity index (χ3v) is 7.16. The van der Waals surface area contributed by atoms with Crippen molar-refractivity contribution in [2.75, 3.05) is 0 Å². The summed E-state index contributed by atoms with van der Waals surface area (Å²) in [5.41, 5.74) is 3.63. The molecule has 0 bridgehead atoms. The number of aromatic amines is 2. The Morgan fingerprint density at radius 3 is 1.24 bits per heavy atom. The Labute approximate surface area is 228 Å². The number of para-hydroxylation sites is 4. The van der Waals surface area contributed by atoms with Crippen LogP contribution < -0.4 is 20.2 Å². The minimum atomic E-state index is 0. The average molecular weight is 495 g/mol. The molecule has 6 rings (SSSR count). The van der Waals surface area contributed by atoms with Crippen molar-refractivity contribution in [2.45, 2.75) is 0 Å². The van der Waals surface area contributed by atoms with Gasteiger partial charge in [0.15, 0.2) is 0 Å². The Balaban J connectivity index is 0.000000152. The Morgan fingerprint density at radius 1 is 0.485 bits per heavy atom. The molecule has 4 aromatic carbocycles. The molecule has 0 spiro atoms. The van der Waals surface area contributed by atoms with Crippen molar-refractivity contribution in [2.24, 2.45) is 0 Å². The molecule has 0 unspecified atom stereocenters. The predicted molar refractivity (Wildman–Crippen MR) is 132 cm³/mol. The predicted octanol–water partition coefficient (Wildman–Crippen LogP) is 4.53. The Morgan fingerprint density at radius 2 is 0.848 bits per heavy atom. The Kier molecular flexibility index (Phi) is 7.63. The van der Waals surface area contributed by atoms with Gasteiger partial charge in [-0.1, -0.05) is 94.8 Å². The first-order chi connectivity index (χ1) is 15.7. The van der Waals surface area contributed by atoms with Gasteiger partial charge in [-0.2, -0.15) is 9.97 Å². The third kappa shape index (κ3) is 5.21. The average Bonchev–Trinajstić information content (AvgIpc) is 3.44. The van der Waals surface area contributed by atoms with Crippen LogP contribution in [0.2, 0.25) is 0 Å². The van der Waals surface area contributed by atoms with E-state index in [1.54, 1.807) is 46.9 Å². The van der Waals surface area contributed by atoms with Crippen molar-refractivity contribution in [3.63, 3.8) is 0 Å². The van der Waals surface area contributed by atoms with Crippen LogP contribution in [0.1, 0.15) is 0 Å². The molecular formula is C26H18CaN2O2S2+2. The molecule has 0 radical (unpaired) electrons. The van der Waals surface area contributed by atoms with Crippen LogP contribution in [0.25, 0.3) is 41.6 Å². The summed E-state index contributed by atoms with van der Waals surface area (Å²) in [4.78, 5) is 6.54. The van der Waals surface area contributed by atoms with E-state index < -0.39 is 0 Å². The molecule has 4 nitrogen and oxygen atoms in total. The van der Waals surface area contributed by atoms with E-state index in [1.807, 2.05) is 72.8 Å². The van der Waals surface area contributed by atoms with Gasteiger partial charge in [-0.05, 0) is 24.3 Å². The van der Waals surface area contributed by atoms with E-state index in [9.17, 15) is 10.2 Å². The number of H-pyrrole nitrogens is 2. The third-order valence-electron chi connectivity index (χ3n) is 4.96. The van der Waals surface area contributed by atoms with Crippen molar-refractivity contribution in [3.8, 4) is 32.6 Å². The van der Waals surface area contributed by atoms with Gasteiger partial charge in [0, 0.05) is 23.3 Å². The van der Waals surface area contributed by atoms with Gasteiger partial charge in [-0.25, -0.2) is 0 Å². The molecular weight excluding hydrogens is 477 g/mol. The number of rotatable bonds is 2. The monoisotopic (exact) mass is 494 g/mol. The summed E-state index contributed by atoms with van der Waals surface area (Å²) in [6, 6.07) is 30.3. The van der Waals surface area contributed by atoms with E-state index in [-0.39, 0.29) is 49.2 Å². The quantitative estimate of drug-likeness (QED) is 0.332. The number of hydrogen-bond donors (Lipinski definition) is 0. The van der Waals surface area contributed by atoms with E-state index in [2.05, 4.69) is 9.97 Å². The minimum Gasteiger partial charge on any atom is -0.872 e. The fourth-order valence-electron chi connectivity index (χ4n) is 3.39. The number of nitrogens with one attached hydrogen (secondary N) is 2. The number of benzene rings is 4. The Bertz CT molecular complexity index is 1350. The van der Waals surface area contributed by atoms with Crippen LogP contribution in [0.4, 0.5) is 0 Å². The SMILES string of the molecule is [Ca+2].[O-]c1ccccc1-c1[nH+]c2ccccc2s1.[O-]c1ccccc1-c1[nH+]c2ccccc2s1. The molecule has 0 saturated heterocycles. The van der Waals surface area contributed by atoms with E-state index >= 15 is 0 Å². The molecule has 2 heterocycles. The largest absolute Gasteiger partial charge is 2.00 e. The van der Waals surface area contributed by atoms with Gasteiger partial charge < -0.3 is 10.2 Å². The fraction of sp³-hybridized carbons (Fsp3) is 0. The second-order valence-electron chi connectivity index (χ2n) is 7.10. The molecule has 2 aromatic heterocycles. The summed E-state index contributed by atoms with van der Waals surface area (Å²) >= 11 is 3.22. The van der Waals surface area contributed by atoms with Gasteiger partial charge in [-0.15, -0.1) is 0 Å². The standard InChI is InChI=1S/2C13H9NOS.Ca/c2*15-11-7-3-1-5-9(11)13-14-10-6-2-4-8-12(10)16-13;/h2*1-8,15H;/q;;+2. The Hall–Kier alpha value is -2.48. The molecule has 2 N–H and O–H groups in total. The van der Waals surface area contributed by atoms with E-state index in [4.69, 9.17) is 0 Å². The first-order valence-corrected chi connectivity index (χ1v) is 11.7. The maximum Gasteiger partial charge on any atom is 2.00 e. The molecule has 0 amide bonds. The van der Waals surface area contributed by atoms with Crippen molar-refractivity contribution in [3.05, 3.63) is 97.1 Å². The van der Waals surface area contributed by atoms with Crippen LogP contribution in [0.3, 0.4) is 0 Å². The van der Waals surface area contributed by atoms with Crippen LogP contribution in [0.5, 0.6) is 11.5 Å². The maximum absolute atomic E-state index is 11.7. The summed E-state index contributed by atoms with van der Waals surface area (Å²) in [5.74, 6) is 0.121. The maximum atomic E-state index is 11.7. The molecule has 156 valence electrons. The smallest absolute Gasteiger partial charge is 0.872 e. The van der Waals surface area contributed by atoms with E-state index in [1.165, 1.54) is 9.40 Å². The summed E-state index contributed by atoms with van der Waals surface area (Å²) in [7, 11) is 0. The first-order valence-electron chi connectivity index (χ1n) is 10.0. The molecule has 0 atom stereocenters. The van der Waals surface area contributed by atoms with Crippen LogP contribution >= 0.6 is 22.7 Å².